The average Bonchev–Trinajstić information content (AvgIpc) is 3.05. The molecule has 0 fully saturated rings. The Morgan fingerprint density at radius 1 is 0.786 bits per heavy atom. The van der Waals surface area contributed by atoms with Crippen LogP contribution < -0.4 is 14.2 Å². The number of aromatic nitrogens is 2. The molecular formula is C33H43ClN2O5S. The first-order chi connectivity index (χ1) is 20.2. The summed E-state index contributed by atoms with van der Waals surface area (Å²) in [5.41, 5.74) is 3.86. The third kappa shape index (κ3) is 11.7. The van der Waals surface area contributed by atoms with Crippen molar-refractivity contribution in [3.63, 3.8) is 0 Å². The normalized spacial score (nSPS) is 10.8. The monoisotopic (exact) mass is 614 g/mol. The minimum Gasteiger partial charge on any atom is -0.493 e. The van der Waals surface area contributed by atoms with E-state index >= 15 is 0 Å². The zero-order chi connectivity index (χ0) is 31.5. The van der Waals surface area contributed by atoms with Crippen LogP contribution in [0.25, 0.3) is 0 Å². The van der Waals surface area contributed by atoms with Gasteiger partial charge in [0.2, 0.25) is 5.88 Å². The molecule has 0 saturated heterocycles. The number of nitrogens with zero attached hydrogens (tertiary/aromatic N) is 2. The van der Waals surface area contributed by atoms with Gasteiger partial charge in [-0.1, -0.05) is 58.9 Å². The lowest BCUT2D eigenvalue weighted by Gasteiger charge is -2.14. The van der Waals surface area contributed by atoms with Crippen LogP contribution >= 0.6 is 11.6 Å². The second-order valence-corrected chi connectivity index (χ2v) is 10.8. The highest BCUT2D eigenvalue weighted by Gasteiger charge is 2.15. The first-order valence-electron chi connectivity index (χ1n) is 13.9. The van der Waals surface area contributed by atoms with Gasteiger partial charge >= 0.3 is 0 Å². The van der Waals surface area contributed by atoms with Gasteiger partial charge in [-0.25, -0.2) is 13.4 Å². The summed E-state index contributed by atoms with van der Waals surface area (Å²) in [5.74, 6) is 1.69. The van der Waals surface area contributed by atoms with E-state index in [-0.39, 0.29) is 11.5 Å². The van der Waals surface area contributed by atoms with Crippen molar-refractivity contribution in [2.24, 2.45) is 0 Å². The summed E-state index contributed by atoms with van der Waals surface area (Å²) in [6, 6.07) is 19.7. The molecule has 9 heteroatoms. The standard InChI is InChI=1S/C22H22ClNO5S.C7H9N.2C2H6/c1-27-19-10-6-16(12-20(19)28-2)22(23)17-7-11-21(24-13-17)29-14-15-4-8-18(9-5-15)30(3,25)26;1-2-7-3-5-8-6-4-7;2*1-2/h4-13,22H,14H2,1-3H3;3-6H,2H2,1H3;2*1-2H3. The van der Waals surface area contributed by atoms with E-state index in [0.717, 1.165) is 23.1 Å². The van der Waals surface area contributed by atoms with E-state index in [1.54, 1.807) is 50.7 Å². The number of benzene rings is 2. The molecule has 0 spiro atoms. The van der Waals surface area contributed by atoms with Crippen molar-refractivity contribution in [3.05, 3.63) is 108 Å². The Labute approximate surface area is 256 Å². The molecule has 0 aliphatic carbocycles. The maximum atomic E-state index is 11.5. The van der Waals surface area contributed by atoms with Crippen LogP contribution in [0.5, 0.6) is 17.4 Å². The van der Waals surface area contributed by atoms with E-state index in [1.165, 1.54) is 11.8 Å². The number of halogens is 1. The van der Waals surface area contributed by atoms with Gasteiger partial charge < -0.3 is 14.2 Å². The third-order valence-electron chi connectivity index (χ3n) is 5.65. The molecule has 0 radical (unpaired) electrons. The summed E-state index contributed by atoms with van der Waals surface area (Å²) in [6.07, 6.45) is 7.58. The Morgan fingerprint density at radius 3 is 1.86 bits per heavy atom. The fraction of sp³-hybridized carbons (Fsp3) is 0.333. The number of alkyl halides is 1. The van der Waals surface area contributed by atoms with Crippen molar-refractivity contribution < 1.29 is 22.6 Å². The molecule has 0 aliphatic rings. The molecule has 2 heterocycles. The van der Waals surface area contributed by atoms with Crippen LogP contribution in [0.2, 0.25) is 0 Å². The second kappa shape index (κ2) is 19.5. The molecule has 228 valence electrons. The van der Waals surface area contributed by atoms with Gasteiger partial charge in [0, 0.05) is 30.9 Å². The molecule has 7 nitrogen and oxygen atoms in total. The molecule has 0 saturated carbocycles. The number of rotatable bonds is 9. The van der Waals surface area contributed by atoms with E-state index in [1.807, 2.05) is 76.5 Å². The molecule has 0 bridgehead atoms. The molecule has 4 aromatic rings. The van der Waals surface area contributed by atoms with Gasteiger partial charge in [-0.2, -0.15) is 0 Å². The summed E-state index contributed by atoms with van der Waals surface area (Å²) in [4.78, 5) is 8.48. The zero-order valence-corrected chi connectivity index (χ0v) is 27.4. The van der Waals surface area contributed by atoms with E-state index in [4.69, 9.17) is 25.8 Å². The van der Waals surface area contributed by atoms with Gasteiger partial charge in [0.15, 0.2) is 21.3 Å². The maximum Gasteiger partial charge on any atom is 0.213 e. The Kier molecular flexibility index (Phi) is 16.9. The quantitative estimate of drug-likeness (QED) is 0.176. The van der Waals surface area contributed by atoms with E-state index < -0.39 is 15.2 Å². The third-order valence-corrected chi connectivity index (χ3v) is 7.28. The highest BCUT2D eigenvalue weighted by molar-refractivity contribution is 7.90. The van der Waals surface area contributed by atoms with Crippen LogP contribution in [0.3, 0.4) is 0 Å². The number of hydrogen-bond acceptors (Lipinski definition) is 7. The molecule has 2 aromatic carbocycles. The Morgan fingerprint density at radius 2 is 1.38 bits per heavy atom. The number of hydrogen-bond donors (Lipinski definition) is 0. The molecule has 1 atom stereocenters. The van der Waals surface area contributed by atoms with E-state index in [9.17, 15) is 8.42 Å². The Balaban J connectivity index is 0.000000620. The molecule has 2 aromatic heterocycles. The molecule has 4 rings (SSSR count). The number of pyridine rings is 2. The maximum absolute atomic E-state index is 11.5. The van der Waals surface area contributed by atoms with Crippen molar-refractivity contribution in [1.29, 1.82) is 0 Å². The van der Waals surface area contributed by atoms with Gasteiger partial charge in [-0.05, 0) is 65.1 Å². The van der Waals surface area contributed by atoms with E-state index in [2.05, 4.69) is 16.9 Å². The first kappa shape index (κ1) is 36.4. The Bertz CT molecular complexity index is 1400. The predicted molar refractivity (Wildman–Crippen MR) is 172 cm³/mol. The molecule has 0 N–H and O–H groups in total. The number of aryl methyl sites for hydroxylation is 1. The number of methoxy groups -OCH3 is 2. The molecule has 42 heavy (non-hydrogen) atoms. The highest BCUT2D eigenvalue weighted by atomic mass is 35.5. The van der Waals surface area contributed by atoms with Gasteiger partial charge in [-0.15, -0.1) is 11.6 Å². The van der Waals surface area contributed by atoms with Gasteiger partial charge in [-0.3, -0.25) is 4.98 Å². The molecule has 0 amide bonds. The minimum absolute atomic E-state index is 0.274. The second-order valence-electron chi connectivity index (χ2n) is 8.32. The van der Waals surface area contributed by atoms with Crippen LogP contribution in [-0.4, -0.2) is 38.9 Å². The fourth-order valence-corrected chi connectivity index (χ4v) is 4.33. The fourth-order valence-electron chi connectivity index (χ4n) is 3.44. The summed E-state index contributed by atoms with van der Waals surface area (Å²) >= 11 is 6.61. The average molecular weight is 615 g/mol. The molecule has 0 aliphatic heterocycles. The largest absolute Gasteiger partial charge is 0.493 e. The zero-order valence-electron chi connectivity index (χ0n) is 25.8. The molecular weight excluding hydrogens is 572 g/mol. The van der Waals surface area contributed by atoms with Gasteiger partial charge in [0.05, 0.1) is 24.5 Å². The van der Waals surface area contributed by atoms with Crippen LogP contribution in [0.15, 0.2) is 90.2 Å². The lowest BCUT2D eigenvalue weighted by atomic mass is 10.1. The minimum atomic E-state index is -3.21. The molecule has 1 unspecified atom stereocenters. The van der Waals surface area contributed by atoms with Crippen molar-refractivity contribution in [3.8, 4) is 17.4 Å². The summed E-state index contributed by atoms with van der Waals surface area (Å²) in [6.45, 7) is 10.4. The predicted octanol–water partition coefficient (Wildman–Crippen LogP) is 8.11. The van der Waals surface area contributed by atoms with Crippen LogP contribution in [-0.2, 0) is 22.9 Å². The van der Waals surface area contributed by atoms with Crippen molar-refractivity contribution in [2.75, 3.05) is 20.5 Å². The summed E-state index contributed by atoms with van der Waals surface area (Å²) < 4.78 is 39.3. The topological polar surface area (TPSA) is 87.6 Å². The van der Waals surface area contributed by atoms with Crippen LogP contribution in [0.4, 0.5) is 0 Å². The number of sulfone groups is 1. The lowest BCUT2D eigenvalue weighted by molar-refractivity contribution is 0.293. The SMILES string of the molecule is CC.CC.CCc1ccncc1.COc1ccc(C(Cl)c2ccc(OCc3ccc(S(C)(=O)=O)cc3)nc2)cc1OC. The van der Waals surface area contributed by atoms with E-state index in [0.29, 0.717) is 17.4 Å². The van der Waals surface area contributed by atoms with Crippen LogP contribution in [0.1, 0.15) is 62.2 Å². The first-order valence-corrected chi connectivity index (χ1v) is 16.2. The summed E-state index contributed by atoms with van der Waals surface area (Å²) in [5, 5.41) is -0.408. The van der Waals surface area contributed by atoms with Crippen molar-refractivity contribution in [2.45, 2.75) is 57.9 Å². The summed E-state index contributed by atoms with van der Waals surface area (Å²) in [7, 11) is -0.0532. The highest BCUT2D eigenvalue weighted by Crippen LogP contribution is 2.35. The van der Waals surface area contributed by atoms with Crippen LogP contribution in [0, 0.1) is 0 Å². The van der Waals surface area contributed by atoms with Crippen molar-refractivity contribution >= 4 is 21.4 Å². The van der Waals surface area contributed by atoms with Gasteiger partial charge in [0.25, 0.3) is 0 Å². The lowest BCUT2D eigenvalue weighted by Crippen LogP contribution is -2.01. The Hall–Kier alpha value is -3.62. The number of ether oxygens (including phenoxy) is 3. The smallest absolute Gasteiger partial charge is 0.213 e. The van der Waals surface area contributed by atoms with Crippen molar-refractivity contribution in [1.82, 2.24) is 9.97 Å². The van der Waals surface area contributed by atoms with Gasteiger partial charge in [0.1, 0.15) is 6.61 Å².